The van der Waals surface area contributed by atoms with Crippen molar-refractivity contribution in [2.75, 3.05) is 11.4 Å². The van der Waals surface area contributed by atoms with Gasteiger partial charge in [0, 0.05) is 31.7 Å². The Morgan fingerprint density at radius 1 is 1.12 bits per heavy atom. The number of pyridine rings is 1. The van der Waals surface area contributed by atoms with Gasteiger partial charge in [-0.1, -0.05) is 24.3 Å². The van der Waals surface area contributed by atoms with Crippen molar-refractivity contribution in [3.05, 3.63) is 77.6 Å². The third kappa shape index (κ3) is 3.29. The van der Waals surface area contributed by atoms with Gasteiger partial charge in [-0.05, 0) is 36.1 Å². The molecule has 0 bridgehead atoms. The first kappa shape index (κ1) is 16.5. The van der Waals surface area contributed by atoms with Crippen LogP contribution in [0.25, 0.3) is 0 Å². The van der Waals surface area contributed by atoms with Gasteiger partial charge in [-0.3, -0.25) is 4.98 Å². The average molecular weight is 341 g/mol. The van der Waals surface area contributed by atoms with Crippen LogP contribution in [-0.4, -0.2) is 21.1 Å². The lowest BCUT2D eigenvalue weighted by Gasteiger charge is -2.30. The minimum Gasteiger partial charge on any atom is -0.366 e. The van der Waals surface area contributed by atoms with Gasteiger partial charge in [0.25, 0.3) is 0 Å². The van der Waals surface area contributed by atoms with Crippen LogP contribution in [0, 0.1) is 6.92 Å². The van der Waals surface area contributed by atoms with Gasteiger partial charge >= 0.3 is 0 Å². The number of aryl methyl sites for hydroxylation is 1. The third-order valence-corrected chi connectivity index (χ3v) is 4.55. The number of aromatic nitrogens is 3. The van der Waals surface area contributed by atoms with Crippen LogP contribution in [0.1, 0.15) is 22.5 Å². The summed E-state index contributed by atoms with van der Waals surface area (Å²) in [5.41, 5.74) is 5.31. The Bertz CT molecular complexity index is 827. The van der Waals surface area contributed by atoms with E-state index >= 15 is 0 Å². The summed E-state index contributed by atoms with van der Waals surface area (Å²) in [4.78, 5) is 11.1. The highest BCUT2D eigenvalue weighted by Gasteiger charge is 2.16. The average Bonchev–Trinajstić information content (AvgIpc) is 2.99. The van der Waals surface area contributed by atoms with E-state index < -0.39 is 0 Å². The number of anilines is 1. The number of halogens is 1. The molecular formula is C19H21ClN4. The van der Waals surface area contributed by atoms with Crippen molar-refractivity contribution < 1.29 is 0 Å². The molecule has 0 unspecified atom stereocenters. The van der Waals surface area contributed by atoms with Crippen LogP contribution in [0.3, 0.4) is 0 Å². The Labute approximate surface area is 148 Å². The van der Waals surface area contributed by atoms with Crippen LogP contribution < -0.4 is 4.90 Å². The fraction of sp³-hybridized carbons (Fsp3) is 0.263. The quantitative estimate of drug-likeness (QED) is 0.730. The van der Waals surface area contributed by atoms with Crippen molar-refractivity contribution >= 4 is 18.1 Å². The van der Waals surface area contributed by atoms with Crippen molar-refractivity contribution in [3.8, 4) is 0 Å². The Kier molecular flexibility index (Phi) is 4.86. The summed E-state index contributed by atoms with van der Waals surface area (Å²) in [5.74, 6) is 1.03. The lowest BCUT2D eigenvalue weighted by molar-refractivity contribution is 0.724. The largest absolute Gasteiger partial charge is 0.366 e. The van der Waals surface area contributed by atoms with Gasteiger partial charge in [0.05, 0.1) is 18.4 Å². The van der Waals surface area contributed by atoms with Crippen molar-refractivity contribution in [2.24, 2.45) is 0 Å². The van der Waals surface area contributed by atoms with Gasteiger partial charge in [-0.15, -0.1) is 12.4 Å². The summed E-state index contributed by atoms with van der Waals surface area (Å²) < 4.78 is 2.15. The Morgan fingerprint density at radius 3 is 2.75 bits per heavy atom. The van der Waals surface area contributed by atoms with E-state index in [1.165, 1.54) is 22.4 Å². The number of hydrogen-bond acceptors (Lipinski definition) is 3. The van der Waals surface area contributed by atoms with Crippen molar-refractivity contribution in [2.45, 2.75) is 26.4 Å². The van der Waals surface area contributed by atoms with Crippen LogP contribution in [-0.2, 0) is 19.5 Å². The fourth-order valence-electron chi connectivity index (χ4n) is 3.22. The fourth-order valence-corrected chi connectivity index (χ4v) is 3.22. The number of fused-ring (bicyclic) bond motifs is 1. The van der Waals surface area contributed by atoms with Gasteiger partial charge in [0.2, 0.25) is 0 Å². The van der Waals surface area contributed by atoms with E-state index in [0.29, 0.717) is 0 Å². The lowest BCUT2D eigenvalue weighted by Crippen LogP contribution is -2.30. The number of nitrogens with zero attached hydrogens (tertiary/aromatic N) is 4. The molecule has 4 rings (SSSR count). The molecule has 3 heterocycles. The number of hydrogen-bond donors (Lipinski definition) is 0. The molecule has 0 saturated heterocycles. The maximum Gasteiger partial charge on any atom is 0.105 e. The molecule has 1 aliphatic rings. The van der Waals surface area contributed by atoms with Crippen LogP contribution >= 0.6 is 12.4 Å². The van der Waals surface area contributed by atoms with Crippen molar-refractivity contribution in [1.29, 1.82) is 0 Å². The van der Waals surface area contributed by atoms with Gasteiger partial charge in [0.1, 0.15) is 5.82 Å². The monoisotopic (exact) mass is 340 g/mol. The molecule has 2 aromatic heterocycles. The molecule has 0 atom stereocenters. The predicted molar refractivity (Wildman–Crippen MR) is 98.7 cm³/mol. The molecule has 24 heavy (non-hydrogen) atoms. The van der Waals surface area contributed by atoms with E-state index in [-0.39, 0.29) is 12.4 Å². The van der Waals surface area contributed by atoms with E-state index in [2.05, 4.69) is 49.8 Å². The lowest BCUT2D eigenvalue weighted by atomic mass is 9.99. The third-order valence-electron chi connectivity index (χ3n) is 4.55. The molecule has 0 radical (unpaired) electrons. The summed E-state index contributed by atoms with van der Waals surface area (Å²) in [6.07, 6.45) is 8.87. The second kappa shape index (κ2) is 7.05. The zero-order valence-corrected chi connectivity index (χ0v) is 14.5. The zero-order chi connectivity index (χ0) is 15.6. The molecule has 0 spiro atoms. The predicted octanol–water partition coefficient (Wildman–Crippen LogP) is 3.62. The minimum absolute atomic E-state index is 0. The molecular weight excluding hydrogens is 320 g/mol. The highest BCUT2D eigenvalue weighted by Crippen LogP contribution is 2.24. The zero-order valence-electron chi connectivity index (χ0n) is 13.7. The normalized spacial score (nSPS) is 13.3. The van der Waals surface area contributed by atoms with Crippen LogP contribution in [0.4, 0.5) is 5.69 Å². The topological polar surface area (TPSA) is 34.0 Å². The molecule has 124 valence electrons. The summed E-state index contributed by atoms with van der Waals surface area (Å²) in [7, 11) is 0. The molecule has 1 aliphatic heterocycles. The first-order valence-electron chi connectivity index (χ1n) is 8.03. The summed E-state index contributed by atoms with van der Waals surface area (Å²) in [6, 6.07) is 11.0. The first-order valence-corrected chi connectivity index (χ1v) is 8.03. The van der Waals surface area contributed by atoms with Gasteiger partial charge in [0.15, 0.2) is 0 Å². The maximum absolute atomic E-state index is 4.45. The van der Waals surface area contributed by atoms with Crippen molar-refractivity contribution in [1.82, 2.24) is 14.5 Å². The number of imidazole rings is 1. The smallest absolute Gasteiger partial charge is 0.105 e. The Balaban J connectivity index is 0.00000169. The highest BCUT2D eigenvalue weighted by atomic mass is 35.5. The van der Waals surface area contributed by atoms with Crippen LogP contribution in [0.2, 0.25) is 0 Å². The summed E-state index contributed by atoms with van der Waals surface area (Å²) in [5, 5.41) is 0. The van der Waals surface area contributed by atoms with E-state index in [1.54, 1.807) is 0 Å². The molecule has 1 aromatic carbocycles. The van der Waals surface area contributed by atoms with Gasteiger partial charge in [-0.25, -0.2) is 4.98 Å². The molecule has 0 saturated carbocycles. The second-order valence-corrected chi connectivity index (χ2v) is 6.09. The van der Waals surface area contributed by atoms with Crippen molar-refractivity contribution in [3.63, 3.8) is 0 Å². The molecule has 5 heteroatoms. The molecule has 0 amide bonds. The molecule has 0 fully saturated rings. The Hall–Kier alpha value is -2.33. The van der Waals surface area contributed by atoms with Crippen LogP contribution in [0.5, 0.6) is 0 Å². The van der Waals surface area contributed by atoms with Gasteiger partial charge in [-0.2, -0.15) is 0 Å². The molecule has 4 nitrogen and oxygen atoms in total. The summed E-state index contributed by atoms with van der Waals surface area (Å²) >= 11 is 0. The highest BCUT2D eigenvalue weighted by molar-refractivity contribution is 5.85. The molecule has 3 aromatic rings. The van der Waals surface area contributed by atoms with E-state index in [9.17, 15) is 0 Å². The van der Waals surface area contributed by atoms with E-state index in [0.717, 1.165) is 31.9 Å². The summed E-state index contributed by atoms with van der Waals surface area (Å²) in [6.45, 7) is 4.85. The SMILES string of the molecule is Cc1nccn1Cc1cncc(N2CCc3ccccc3C2)c1.Cl. The second-order valence-electron chi connectivity index (χ2n) is 6.09. The van der Waals surface area contributed by atoms with Crippen LogP contribution in [0.15, 0.2) is 55.1 Å². The minimum atomic E-state index is 0. The Morgan fingerprint density at radius 2 is 1.96 bits per heavy atom. The standard InChI is InChI=1S/C19H20N4.ClH/c1-15-21-7-9-22(15)13-16-10-19(12-20-11-16)23-8-6-17-4-2-3-5-18(17)14-23;/h2-5,7,9-12H,6,8,13-14H2,1H3;1H. The maximum atomic E-state index is 4.45. The van der Waals surface area contributed by atoms with Gasteiger partial charge < -0.3 is 9.47 Å². The van der Waals surface area contributed by atoms with E-state index in [1.807, 2.05) is 31.7 Å². The number of benzene rings is 1. The molecule has 0 N–H and O–H groups in total. The molecule has 0 aliphatic carbocycles. The van der Waals surface area contributed by atoms with E-state index in [4.69, 9.17) is 0 Å². The first-order chi connectivity index (χ1) is 11.3. The number of rotatable bonds is 3.